The number of pyridine rings is 1. The van der Waals surface area contributed by atoms with Crippen molar-refractivity contribution < 1.29 is 9.53 Å². The summed E-state index contributed by atoms with van der Waals surface area (Å²) in [6.07, 6.45) is 1.55. The van der Waals surface area contributed by atoms with Crippen LogP contribution >= 0.6 is 30.1 Å². The Bertz CT molecular complexity index is 380. The van der Waals surface area contributed by atoms with Gasteiger partial charge in [0.15, 0.2) is 0 Å². The average Bonchev–Trinajstić information content (AvgIpc) is 2.26. The highest BCUT2D eigenvalue weighted by molar-refractivity contribution is 14.2. The van der Waals surface area contributed by atoms with Crippen molar-refractivity contribution in [3.63, 3.8) is 0 Å². The summed E-state index contributed by atoms with van der Waals surface area (Å²) in [6, 6.07) is 3.33. The van der Waals surface area contributed by atoms with Crippen LogP contribution in [0.2, 0.25) is 0 Å². The highest BCUT2D eigenvalue weighted by Gasteiger charge is 2.04. The fourth-order valence-electron chi connectivity index (χ4n) is 0.771. The number of methoxy groups -OCH3 is 1. The predicted molar refractivity (Wildman–Crippen MR) is 64.1 cm³/mol. The predicted octanol–water partition coefficient (Wildman–Crippen LogP) is 2.26. The highest BCUT2D eigenvalue weighted by Crippen LogP contribution is 2.08. The summed E-state index contributed by atoms with van der Waals surface area (Å²) in [4.78, 5) is 14.9. The largest absolute Gasteiger partial charge is 0.464 e. The molecule has 0 radical (unpaired) electrons. The average molecular weight is 319 g/mol. The zero-order valence-electron chi connectivity index (χ0n) is 7.28. The van der Waals surface area contributed by atoms with Crippen LogP contribution in [-0.4, -0.2) is 18.1 Å². The number of rotatable bonds is 1. The lowest BCUT2D eigenvalue weighted by Crippen LogP contribution is -2.03. The van der Waals surface area contributed by atoms with E-state index < -0.39 is 5.97 Å². The van der Waals surface area contributed by atoms with Crippen molar-refractivity contribution in [1.29, 1.82) is 0 Å². The molecule has 0 aliphatic rings. The third kappa shape index (κ3) is 3.20. The van der Waals surface area contributed by atoms with E-state index in [1.807, 2.05) is 0 Å². The van der Waals surface area contributed by atoms with Crippen molar-refractivity contribution in [3.05, 3.63) is 29.6 Å². The molecule has 1 aromatic heterocycles. The third-order valence-corrected chi connectivity index (χ3v) is 2.23. The van der Waals surface area contributed by atoms with Crippen molar-refractivity contribution >= 4 is 36.1 Å². The molecule has 0 unspecified atom stereocenters. The van der Waals surface area contributed by atoms with Gasteiger partial charge in [0, 0.05) is 33.0 Å². The standard InChI is InChI=1S/C9H6INO2S/c1-13-9(12)8-3-2-7(6-11-8)4-5-14-10/h2-3,6H,1H3. The van der Waals surface area contributed by atoms with Crippen LogP contribution in [0.4, 0.5) is 0 Å². The lowest BCUT2D eigenvalue weighted by molar-refractivity contribution is 0.0594. The van der Waals surface area contributed by atoms with Crippen LogP contribution in [0, 0.1) is 11.2 Å². The monoisotopic (exact) mass is 319 g/mol. The Labute approximate surface area is 98.2 Å². The molecule has 0 atom stereocenters. The van der Waals surface area contributed by atoms with Gasteiger partial charge in [0.05, 0.1) is 7.11 Å². The first-order valence-corrected chi connectivity index (χ1v) is 6.97. The van der Waals surface area contributed by atoms with E-state index in [2.05, 4.69) is 42.1 Å². The minimum absolute atomic E-state index is 0.292. The molecule has 1 rings (SSSR count). The van der Waals surface area contributed by atoms with Crippen LogP contribution in [0.15, 0.2) is 18.3 Å². The Morgan fingerprint density at radius 3 is 2.93 bits per heavy atom. The lowest BCUT2D eigenvalue weighted by atomic mass is 10.2. The number of hydrogen-bond acceptors (Lipinski definition) is 4. The Hall–Kier alpha value is -0.740. The van der Waals surface area contributed by atoms with E-state index in [1.165, 1.54) is 16.0 Å². The SMILES string of the molecule is COC(=O)c1ccc(C#CSI)cn1. The number of carbonyl (C=O) groups is 1. The molecule has 0 saturated carbocycles. The Kier molecular flexibility index (Phi) is 4.76. The minimum Gasteiger partial charge on any atom is -0.464 e. The Morgan fingerprint density at radius 2 is 2.43 bits per heavy atom. The van der Waals surface area contributed by atoms with Crippen molar-refractivity contribution in [2.45, 2.75) is 0 Å². The first-order valence-electron chi connectivity index (χ1n) is 3.61. The molecular formula is C9H6INO2S. The van der Waals surface area contributed by atoms with Crippen molar-refractivity contribution in [2.24, 2.45) is 0 Å². The molecule has 3 nitrogen and oxygen atoms in total. The summed E-state index contributed by atoms with van der Waals surface area (Å²) >= 11 is 2.09. The summed E-state index contributed by atoms with van der Waals surface area (Å²) in [7, 11) is 2.72. The second-order valence-electron chi connectivity index (χ2n) is 2.23. The van der Waals surface area contributed by atoms with E-state index in [4.69, 9.17) is 0 Å². The van der Waals surface area contributed by atoms with Gasteiger partial charge in [0.25, 0.3) is 0 Å². The van der Waals surface area contributed by atoms with Gasteiger partial charge in [-0.05, 0) is 26.3 Å². The second-order valence-corrected chi connectivity index (χ2v) is 3.91. The Balaban J connectivity index is 2.83. The van der Waals surface area contributed by atoms with Crippen LogP contribution < -0.4 is 0 Å². The summed E-state index contributed by atoms with van der Waals surface area (Å²) in [6.45, 7) is 0. The number of hydrogen-bond donors (Lipinski definition) is 0. The van der Waals surface area contributed by atoms with Crippen LogP contribution in [0.5, 0.6) is 0 Å². The van der Waals surface area contributed by atoms with Gasteiger partial charge in [-0.2, -0.15) is 0 Å². The fourth-order valence-corrected chi connectivity index (χ4v) is 1.26. The maximum atomic E-state index is 11.0. The first-order chi connectivity index (χ1) is 6.77. The second kappa shape index (κ2) is 5.88. The maximum absolute atomic E-state index is 11.0. The molecule has 0 spiro atoms. The number of aromatic nitrogens is 1. The van der Waals surface area contributed by atoms with Gasteiger partial charge < -0.3 is 4.74 Å². The van der Waals surface area contributed by atoms with Gasteiger partial charge >= 0.3 is 5.97 Å². The van der Waals surface area contributed by atoms with E-state index >= 15 is 0 Å². The van der Waals surface area contributed by atoms with Crippen molar-refractivity contribution in [1.82, 2.24) is 4.98 Å². The normalized spacial score (nSPS) is 8.71. The number of halogens is 1. The Morgan fingerprint density at radius 1 is 1.64 bits per heavy atom. The van der Waals surface area contributed by atoms with Gasteiger partial charge in [-0.3, -0.25) is 0 Å². The van der Waals surface area contributed by atoms with Gasteiger partial charge in [0.2, 0.25) is 0 Å². The quantitative estimate of drug-likeness (QED) is 0.452. The summed E-state index contributed by atoms with van der Waals surface area (Å²) < 4.78 is 4.51. The molecule has 0 fully saturated rings. The minimum atomic E-state index is -0.437. The number of ether oxygens (including phenoxy) is 1. The third-order valence-electron chi connectivity index (χ3n) is 1.39. The molecule has 0 saturated heterocycles. The molecule has 0 bridgehead atoms. The van der Waals surface area contributed by atoms with Crippen molar-refractivity contribution in [2.75, 3.05) is 7.11 Å². The number of esters is 1. The first kappa shape index (κ1) is 11.3. The van der Waals surface area contributed by atoms with Crippen LogP contribution in [-0.2, 0) is 4.74 Å². The molecular weight excluding hydrogens is 313 g/mol. The van der Waals surface area contributed by atoms with Gasteiger partial charge in [0.1, 0.15) is 5.69 Å². The molecule has 1 heterocycles. The molecule has 72 valence electrons. The molecule has 0 N–H and O–H groups in total. The van der Waals surface area contributed by atoms with Crippen LogP contribution in [0.25, 0.3) is 0 Å². The lowest BCUT2D eigenvalue weighted by Gasteiger charge is -1.96. The fraction of sp³-hybridized carbons (Fsp3) is 0.111. The molecule has 0 aliphatic carbocycles. The molecule has 5 heteroatoms. The maximum Gasteiger partial charge on any atom is 0.356 e. The smallest absolute Gasteiger partial charge is 0.356 e. The molecule has 0 aromatic carbocycles. The van der Waals surface area contributed by atoms with Gasteiger partial charge in [-0.1, -0.05) is 5.92 Å². The van der Waals surface area contributed by atoms with Crippen molar-refractivity contribution in [3.8, 4) is 11.2 Å². The highest BCUT2D eigenvalue weighted by atomic mass is 127. The summed E-state index contributed by atoms with van der Waals surface area (Å²) in [5.74, 6) is 2.43. The number of carbonyl (C=O) groups excluding carboxylic acids is 1. The van der Waals surface area contributed by atoms with Gasteiger partial charge in [-0.15, -0.1) is 0 Å². The van der Waals surface area contributed by atoms with E-state index in [0.717, 1.165) is 5.56 Å². The van der Waals surface area contributed by atoms with Crippen LogP contribution in [0.3, 0.4) is 0 Å². The van der Waals surface area contributed by atoms with E-state index in [-0.39, 0.29) is 0 Å². The summed E-state index contributed by atoms with van der Waals surface area (Å²) in [5, 5.41) is 2.82. The molecule has 14 heavy (non-hydrogen) atoms. The van der Waals surface area contributed by atoms with Gasteiger partial charge in [-0.25, -0.2) is 9.78 Å². The summed E-state index contributed by atoms with van der Waals surface area (Å²) in [5.41, 5.74) is 1.07. The zero-order chi connectivity index (χ0) is 10.4. The molecule has 0 aliphatic heterocycles. The van der Waals surface area contributed by atoms with E-state index in [9.17, 15) is 4.79 Å². The topological polar surface area (TPSA) is 39.2 Å². The molecule has 0 amide bonds. The zero-order valence-corrected chi connectivity index (χ0v) is 10.3. The van der Waals surface area contributed by atoms with E-state index in [0.29, 0.717) is 5.69 Å². The van der Waals surface area contributed by atoms with Crippen LogP contribution in [0.1, 0.15) is 16.1 Å². The van der Waals surface area contributed by atoms with E-state index in [1.54, 1.807) is 18.3 Å². The number of nitrogens with zero attached hydrogens (tertiary/aromatic N) is 1. The molecule has 1 aromatic rings.